The molecule has 0 aliphatic carbocycles. The summed E-state index contributed by atoms with van der Waals surface area (Å²) < 4.78 is 6.78. The van der Waals surface area contributed by atoms with Gasteiger partial charge in [0.05, 0.1) is 12.5 Å². The van der Waals surface area contributed by atoms with Crippen LogP contribution in [-0.2, 0) is 13.6 Å². The SMILES string of the molecule is Cn1cc(-c2cncc(CNC(=O)c3ccco3)c2)cn1. The topological polar surface area (TPSA) is 73.0 Å². The Morgan fingerprint density at radius 3 is 2.95 bits per heavy atom. The Hall–Kier alpha value is -2.89. The number of amides is 1. The Kier molecular flexibility index (Phi) is 3.51. The number of aryl methyl sites for hydroxylation is 1. The first-order valence-corrected chi connectivity index (χ1v) is 6.47. The lowest BCUT2D eigenvalue weighted by Gasteiger charge is -2.05. The van der Waals surface area contributed by atoms with Gasteiger partial charge in [-0.15, -0.1) is 0 Å². The molecule has 3 rings (SSSR count). The van der Waals surface area contributed by atoms with E-state index in [1.165, 1.54) is 6.26 Å². The summed E-state index contributed by atoms with van der Waals surface area (Å²) in [5.41, 5.74) is 2.87. The first-order valence-electron chi connectivity index (χ1n) is 6.47. The van der Waals surface area contributed by atoms with E-state index in [9.17, 15) is 4.79 Å². The second-order valence-electron chi connectivity index (χ2n) is 4.64. The molecule has 1 amide bonds. The Bertz CT molecular complexity index is 747. The van der Waals surface area contributed by atoms with E-state index in [1.54, 1.807) is 35.4 Å². The fourth-order valence-electron chi connectivity index (χ4n) is 1.99. The Morgan fingerprint density at radius 2 is 2.24 bits per heavy atom. The van der Waals surface area contributed by atoms with Gasteiger partial charge in [0.2, 0.25) is 0 Å². The molecule has 0 saturated carbocycles. The van der Waals surface area contributed by atoms with E-state index in [1.807, 2.05) is 19.3 Å². The highest BCUT2D eigenvalue weighted by Crippen LogP contribution is 2.18. The van der Waals surface area contributed by atoms with Crippen molar-refractivity contribution in [3.05, 3.63) is 60.6 Å². The highest BCUT2D eigenvalue weighted by molar-refractivity contribution is 5.91. The minimum absolute atomic E-state index is 0.244. The molecule has 3 aromatic rings. The van der Waals surface area contributed by atoms with Crippen molar-refractivity contribution in [2.75, 3.05) is 0 Å². The van der Waals surface area contributed by atoms with Crippen LogP contribution in [-0.4, -0.2) is 20.7 Å². The highest BCUT2D eigenvalue weighted by atomic mass is 16.3. The third-order valence-corrected chi connectivity index (χ3v) is 3.03. The van der Waals surface area contributed by atoms with E-state index in [2.05, 4.69) is 15.4 Å². The quantitative estimate of drug-likeness (QED) is 0.794. The van der Waals surface area contributed by atoms with Gasteiger partial charge in [-0.2, -0.15) is 5.10 Å². The minimum Gasteiger partial charge on any atom is -0.459 e. The lowest BCUT2D eigenvalue weighted by molar-refractivity contribution is 0.0923. The van der Waals surface area contributed by atoms with Crippen LogP contribution in [0, 0.1) is 0 Å². The number of carbonyl (C=O) groups is 1. The lowest BCUT2D eigenvalue weighted by atomic mass is 10.1. The van der Waals surface area contributed by atoms with Gasteiger partial charge in [-0.3, -0.25) is 14.5 Å². The first-order chi connectivity index (χ1) is 10.2. The molecule has 0 unspecified atom stereocenters. The number of hydrogen-bond donors (Lipinski definition) is 1. The molecule has 0 fully saturated rings. The molecule has 21 heavy (non-hydrogen) atoms. The molecule has 3 heterocycles. The van der Waals surface area contributed by atoms with Gasteiger partial charge < -0.3 is 9.73 Å². The predicted octanol–water partition coefficient (Wildman–Crippen LogP) is 2.01. The molecule has 1 N–H and O–H groups in total. The summed E-state index contributed by atoms with van der Waals surface area (Å²) in [6, 6.07) is 5.28. The monoisotopic (exact) mass is 282 g/mol. The molecule has 0 bridgehead atoms. The largest absolute Gasteiger partial charge is 0.459 e. The zero-order chi connectivity index (χ0) is 14.7. The summed E-state index contributed by atoms with van der Waals surface area (Å²) in [4.78, 5) is 16.0. The van der Waals surface area contributed by atoms with Crippen LogP contribution in [0.15, 0.2) is 53.7 Å². The van der Waals surface area contributed by atoms with E-state index in [0.717, 1.165) is 16.7 Å². The zero-order valence-electron chi connectivity index (χ0n) is 11.5. The van der Waals surface area contributed by atoms with Crippen LogP contribution in [0.5, 0.6) is 0 Å². The van der Waals surface area contributed by atoms with Crippen LogP contribution in [0.1, 0.15) is 16.1 Å². The Labute approximate surface area is 121 Å². The standard InChI is InChI=1S/C15H14N4O2/c1-19-10-13(9-18-19)12-5-11(6-16-8-12)7-17-15(20)14-3-2-4-21-14/h2-6,8-10H,7H2,1H3,(H,17,20). The summed E-state index contributed by atoms with van der Waals surface area (Å²) in [6.07, 6.45) is 8.67. The van der Waals surface area contributed by atoms with Crippen LogP contribution in [0.2, 0.25) is 0 Å². The molecule has 3 aromatic heterocycles. The second kappa shape index (κ2) is 5.62. The second-order valence-corrected chi connectivity index (χ2v) is 4.64. The van der Waals surface area contributed by atoms with Crippen LogP contribution in [0.3, 0.4) is 0 Å². The van der Waals surface area contributed by atoms with E-state index in [-0.39, 0.29) is 5.91 Å². The molecule has 0 aliphatic rings. The molecule has 0 spiro atoms. The van der Waals surface area contributed by atoms with Crippen molar-refractivity contribution in [2.45, 2.75) is 6.54 Å². The third kappa shape index (κ3) is 3.00. The van der Waals surface area contributed by atoms with Gasteiger partial charge >= 0.3 is 0 Å². The normalized spacial score (nSPS) is 10.5. The van der Waals surface area contributed by atoms with Crippen molar-refractivity contribution >= 4 is 5.91 Å². The van der Waals surface area contributed by atoms with Crippen LogP contribution < -0.4 is 5.32 Å². The maximum atomic E-state index is 11.8. The van der Waals surface area contributed by atoms with Gasteiger partial charge in [0.15, 0.2) is 5.76 Å². The number of nitrogens with one attached hydrogen (secondary N) is 1. The molecule has 0 radical (unpaired) electrons. The van der Waals surface area contributed by atoms with Crippen molar-refractivity contribution in [3.8, 4) is 11.1 Å². The van der Waals surface area contributed by atoms with Crippen molar-refractivity contribution < 1.29 is 9.21 Å². The van der Waals surface area contributed by atoms with Gasteiger partial charge in [-0.1, -0.05) is 0 Å². The van der Waals surface area contributed by atoms with Crippen LogP contribution in [0.4, 0.5) is 0 Å². The van der Waals surface area contributed by atoms with Crippen molar-refractivity contribution in [1.29, 1.82) is 0 Å². The fraction of sp³-hybridized carbons (Fsp3) is 0.133. The van der Waals surface area contributed by atoms with Gasteiger partial charge in [-0.25, -0.2) is 0 Å². The fourth-order valence-corrected chi connectivity index (χ4v) is 1.99. The summed E-state index contributed by atoms with van der Waals surface area (Å²) in [5.74, 6) is 0.0538. The van der Waals surface area contributed by atoms with Gasteiger partial charge in [0, 0.05) is 43.3 Å². The molecular weight excluding hydrogens is 268 g/mol. The van der Waals surface area contributed by atoms with Crippen molar-refractivity contribution in [3.63, 3.8) is 0 Å². The minimum atomic E-state index is -0.244. The summed E-state index contributed by atoms with van der Waals surface area (Å²) >= 11 is 0. The van der Waals surface area contributed by atoms with Crippen LogP contribution >= 0.6 is 0 Å². The summed E-state index contributed by atoms with van der Waals surface area (Å²) in [5, 5.41) is 6.93. The molecule has 0 aliphatic heterocycles. The average Bonchev–Trinajstić information content (AvgIpc) is 3.16. The van der Waals surface area contributed by atoms with Gasteiger partial charge in [0.25, 0.3) is 5.91 Å². The van der Waals surface area contributed by atoms with E-state index in [4.69, 9.17) is 4.42 Å². The van der Waals surface area contributed by atoms with Gasteiger partial charge in [-0.05, 0) is 23.8 Å². The number of aromatic nitrogens is 3. The molecule has 6 heteroatoms. The molecule has 106 valence electrons. The average molecular weight is 282 g/mol. The Morgan fingerprint density at radius 1 is 1.33 bits per heavy atom. The lowest BCUT2D eigenvalue weighted by Crippen LogP contribution is -2.22. The predicted molar refractivity (Wildman–Crippen MR) is 76.3 cm³/mol. The molecule has 0 aromatic carbocycles. The molecule has 6 nitrogen and oxygen atoms in total. The maximum Gasteiger partial charge on any atom is 0.287 e. The number of carbonyl (C=O) groups excluding carboxylic acids is 1. The number of nitrogens with zero attached hydrogens (tertiary/aromatic N) is 3. The highest BCUT2D eigenvalue weighted by Gasteiger charge is 2.08. The summed E-state index contributed by atoms with van der Waals surface area (Å²) in [6.45, 7) is 0.390. The molecule has 0 saturated heterocycles. The number of furan rings is 1. The smallest absolute Gasteiger partial charge is 0.287 e. The van der Waals surface area contributed by atoms with E-state index in [0.29, 0.717) is 12.3 Å². The maximum absolute atomic E-state index is 11.8. The first kappa shape index (κ1) is 13.1. The van der Waals surface area contributed by atoms with E-state index < -0.39 is 0 Å². The Balaban J connectivity index is 1.70. The van der Waals surface area contributed by atoms with Gasteiger partial charge in [0.1, 0.15) is 0 Å². The summed E-state index contributed by atoms with van der Waals surface area (Å²) in [7, 11) is 1.87. The number of pyridine rings is 1. The number of hydrogen-bond acceptors (Lipinski definition) is 4. The zero-order valence-corrected chi connectivity index (χ0v) is 11.5. The molecular formula is C15H14N4O2. The van der Waals surface area contributed by atoms with Crippen molar-refractivity contribution in [2.24, 2.45) is 7.05 Å². The van der Waals surface area contributed by atoms with E-state index >= 15 is 0 Å². The van der Waals surface area contributed by atoms with Crippen molar-refractivity contribution in [1.82, 2.24) is 20.1 Å². The third-order valence-electron chi connectivity index (χ3n) is 3.03. The molecule has 0 atom stereocenters. The number of rotatable bonds is 4. The van der Waals surface area contributed by atoms with Crippen LogP contribution in [0.25, 0.3) is 11.1 Å².